The Morgan fingerprint density at radius 3 is 2.74 bits per heavy atom. The molecule has 1 aromatic rings. The maximum absolute atomic E-state index is 13.0. The van der Waals surface area contributed by atoms with E-state index < -0.39 is 10.0 Å². The molecule has 0 amide bonds. The molecular weight excluding hydrogens is 334 g/mol. The van der Waals surface area contributed by atoms with Gasteiger partial charge in [-0.15, -0.1) is 0 Å². The Morgan fingerprint density at radius 2 is 2.04 bits per heavy atom. The van der Waals surface area contributed by atoms with Crippen LogP contribution >= 0.6 is 11.6 Å². The van der Waals surface area contributed by atoms with Gasteiger partial charge in [-0.05, 0) is 50.3 Å². The van der Waals surface area contributed by atoms with E-state index in [4.69, 9.17) is 16.3 Å². The quantitative estimate of drug-likeness (QED) is 0.830. The van der Waals surface area contributed by atoms with E-state index >= 15 is 0 Å². The minimum Gasteiger partial charge on any atom is -0.381 e. The lowest BCUT2D eigenvalue weighted by Gasteiger charge is -2.43. The summed E-state index contributed by atoms with van der Waals surface area (Å²) in [5.41, 5.74) is 0.866. The molecule has 1 heterocycles. The Hall–Kier alpha value is -0.620. The zero-order valence-corrected chi connectivity index (χ0v) is 15.3. The summed E-state index contributed by atoms with van der Waals surface area (Å²) in [6.45, 7) is 3.00. The summed E-state index contributed by atoms with van der Waals surface area (Å²) in [5.74, 6) is 0. The van der Waals surface area contributed by atoms with E-state index in [2.05, 4.69) is 0 Å². The summed E-state index contributed by atoms with van der Waals surface area (Å²) in [6, 6.07) is 4.98. The highest BCUT2D eigenvalue weighted by atomic mass is 35.5. The van der Waals surface area contributed by atoms with Crippen molar-refractivity contribution >= 4 is 21.6 Å². The number of hydrogen-bond donors (Lipinski definition) is 0. The second-order valence-electron chi connectivity index (χ2n) is 6.83. The van der Waals surface area contributed by atoms with Gasteiger partial charge in [0.15, 0.2) is 0 Å². The molecule has 1 saturated carbocycles. The van der Waals surface area contributed by atoms with Crippen LogP contribution in [0, 0.1) is 12.3 Å². The molecule has 0 radical (unpaired) electrons. The third kappa shape index (κ3) is 3.04. The van der Waals surface area contributed by atoms with Crippen molar-refractivity contribution in [3.05, 3.63) is 28.8 Å². The van der Waals surface area contributed by atoms with Gasteiger partial charge in [-0.25, -0.2) is 8.42 Å². The van der Waals surface area contributed by atoms with Crippen LogP contribution in [0.15, 0.2) is 23.1 Å². The number of nitrogens with zero attached hydrogens (tertiary/aromatic N) is 1. The molecule has 2 fully saturated rings. The van der Waals surface area contributed by atoms with Gasteiger partial charge in [0.25, 0.3) is 0 Å². The minimum absolute atomic E-state index is 0.0193. The highest BCUT2D eigenvalue weighted by Gasteiger charge is 2.48. The lowest BCUT2D eigenvalue weighted by atomic mass is 9.77. The summed E-state index contributed by atoms with van der Waals surface area (Å²) in [5, 5.41) is 0.494. The van der Waals surface area contributed by atoms with E-state index in [1.807, 2.05) is 6.92 Å². The maximum Gasteiger partial charge on any atom is 0.243 e. The van der Waals surface area contributed by atoms with Crippen LogP contribution in [0.1, 0.15) is 37.7 Å². The van der Waals surface area contributed by atoms with Crippen molar-refractivity contribution in [2.75, 3.05) is 20.2 Å². The van der Waals surface area contributed by atoms with Crippen LogP contribution in [-0.4, -0.2) is 39.0 Å². The van der Waals surface area contributed by atoms with Crippen molar-refractivity contribution in [3.63, 3.8) is 0 Å². The van der Waals surface area contributed by atoms with Crippen molar-refractivity contribution in [2.45, 2.75) is 50.0 Å². The lowest BCUT2D eigenvalue weighted by molar-refractivity contribution is -0.0184. The fraction of sp³-hybridized carbons (Fsp3) is 0.647. The number of halogens is 1. The zero-order valence-electron chi connectivity index (χ0n) is 13.7. The van der Waals surface area contributed by atoms with Crippen molar-refractivity contribution in [1.82, 2.24) is 4.31 Å². The molecule has 2 atom stereocenters. The molecule has 0 bridgehead atoms. The Bertz CT molecular complexity index is 691. The number of hydrogen-bond acceptors (Lipinski definition) is 3. The maximum atomic E-state index is 13.0. The van der Waals surface area contributed by atoms with Gasteiger partial charge in [-0.3, -0.25) is 0 Å². The van der Waals surface area contributed by atoms with E-state index in [0.29, 0.717) is 18.1 Å². The third-order valence-electron chi connectivity index (χ3n) is 5.46. The number of methoxy groups -OCH3 is 1. The van der Waals surface area contributed by atoms with Crippen LogP contribution in [0.5, 0.6) is 0 Å². The summed E-state index contributed by atoms with van der Waals surface area (Å²) < 4.78 is 33.3. The van der Waals surface area contributed by atoms with Gasteiger partial charge in [0.05, 0.1) is 11.0 Å². The van der Waals surface area contributed by atoms with Gasteiger partial charge in [0, 0.05) is 30.6 Å². The van der Waals surface area contributed by atoms with Crippen molar-refractivity contribution in [3.8, 4) is 0 Å². The highest BCUT2D eigenvalue weighted by molar-refractivity contribution is 7.89. The van der Waals surface area contributed by atoms with E-state index in [0.717, 1.165) is 37.7 Å². The molecule has 1 aromatic carbocycles. The molecule has 1 aliphatic heterocycles. The van der Waals surface area contributed by atoms with E-state index in [1.165, 1.54) is 0 Å². The van der Waals surface area contributed by atoms with E-state index in [9.17, 15) is 8.42 Å². The molecule has 2 aliphatic rings. The topological polar surface area (TPSA) is 46.6 Å². The molecule has 23 heavy (non-hydrogen) atoms. The monoisotopic (exact) mass is 357 g/mol. The number of rotatable bonds is 3. The van der Waals surface area contributed by atoms with Crippen molar-refractivity contribution in [1.29, 1.82) is 0 Å². The minimum atomic E-state index is -3.50. The third-order valence-corrected chi connectivity index (χ3v) is 7.71. The Balaban J connectivity index is 1.89. The first kappa shape index (κ1) is 17.2. The van der Waals surface area contributed by atoms with Gasteiger partial charge < -0.3 is 4.74 Å². The van der Waals surface area contributed by atoms with Gasteiger partial charge in [-0.2, -0.15) is 4.31 Å². The summed E-state index contributed by atoms with van der Waals surface area (Å²) >= 11 is 6.12. The van der Waals surface area contributed by atoms with Gasteiger partial charge in [0.2, 0.25) is 10.0 Å². The van der Waals surface area contributed by atoms with Crippen LogP contribution in [-0.2, 0) is 14.8 Å². The first-order valence-corrected chi connectivity index (χ1v) is 10.00. The zero-order chi connectivity index (χ0) is 16.7. The Labute approximate surface area is 143 Å². The van der Waals surface area contributed by atoms with E-state index in [-0.39, 0.29) is 16.4 Å². The van der Waals surface area contributed by atoms with Crippen molar-refractivity contribution in [2.24, 2.45) is 5.41 Å². The molecule has 3 rings (SSSR count). The summed E-state index contributed by atoms with van der Waals surface area (Å²) in [6.07, 6.45) is 5.29. The first-order chi connectivity index (χ1) is 10.9. The van der Waals surface area contributed by atoms with Crippen LogP contribution in [0.2, 0.25) is 5.02 Å². The number of ether oxygens (including phenoxy) is 1. The van der Waals surface area contributed by atoms with E-state index in [1.54, 1.807) is 29.6 Å². The molecule has 1 aliphatic carbocycles. The smallest absolute Gasteiger partial charge is 0.243 e. The molecule has 6 heteroatoms. The van der Waals surface area contributed by atoms with Gasteiger partial charge in [0.1, 0.15) is 0 Å². The van der Waals surface area contributed by atoms with Gasteiger partial charge >= 0.3 is 0 Å². The number of sulfonamides is 1. The molecule has 1 saturated heterocycles. The fourth-order valence-corrected chi connectivity index (χ4v) is 5.99. The van der Waals surface area contributed by atoms with Crippen LogP contribution in [0.4, 0.5) is 0 Å². The highest BCUT2D eigenvalue weighted by Crippen LogP contribution is 2.47. The number of aryl methyl sites for hydroxylation is 1. The Morgan fingerprint density at radius 1 is 1.30 bits per heavy atom. The molecule has 0 N–H and O–H groups in total. The standard InChI is InChI=1S/C17H24ClNO3S/c1-13-6-7-14(11-15(13)18)23(20,21)19-10-4-9-17(12-19)8-3-5-16(17)22-2/h6-7,11,16H,3-5,8-10,12H2,1-2H3/t16-,17+/m1/s1. The summed E-state index contributed by atoms with van der Waals surface area (Å²) in [4.78, 5) is 0.289. The van der Waals surface area contributed by atoms with Crippen LogP contribution in [0.25, 0.3) is 0 Å². The predicted molar refractivity (Wildman–Crippen MR) is 91.3 cm³/mol. The first-order valence-electron chi connectivity index (χ1n) is 8.18. The normalized spacial score (nSPS) is 29.3. The molecule has 0 unspecified atom stereocenters. The molecule has 1 spiro atoms. The lowest BCUT2D eigenvalue weighted by Crippen LogP contribution is -2.49. The average molecular weight is 358 g/mol. The summed E-state index contributed by atoms with van der Waals surface area (Å²) in [7, 11) is -1.76. The largest absolute Gasteiger partial charge is 0.381 e. The number of piperidine rings is 1. The second-order valence-corrected chi connectivity index (χ2v) is 9.18. The Kier molecular flexibility index (Phi) is 4.76. The molecule has 4 nitrogen and oxygen atoms in total. The van der Waals surface area contributed by atoms with Crippen LogP contribution < -0.4 is 0 Å². The van der Waals surface area contributed by atoms with Crippen LogP contribution in [0.3, 0.4) is 0 Å². The average Bonchev–Trinajstić information content (AvgIpc) is 2.91. The van der Waals surface area contributed by atoms with Crippen molar-refractivity contribution < 1.29 is 13.2 Å². The predicted octanol–water partition coefficient (Wildman–Crippen LogP) is 3.62. The number of benzene rings is 1. The second kappa shape index (κ2) is 6.36. The molecular formula is C17H24ClNO3S. The fourth-order valence-electron chi connectivity index (χ4n) is 4.15. The molecule has 0 aromatic heterocycles. The SMILES string of the molecule is CO[C@@H]1CCC[C@@]12CCCN(S(=O)(=O)c1ccc(C)c(Cl)c1)C2. The van der Waals surface area contributed by atoms with Gasteiger partial charge in [-0.1, -0.05) is 24.1 Å². The molecule has 128 valence electrons.